The minimum atomic E-state index is 0. The van der Waals surface area contributed by atoms with E-state index < -0.39 is 0 Å². The van der Waals surface area contributed by atoms with Crippen LogP contribution in [0, 0.1) is 4.91 Å². The summed E-state index contributed by atoms with van der Waals surface area (Å²) in [6, 6.07) is 0. The van der Waals surface area contributed by atoms with E-state index in [1.54, 1.807) is 0 Å². The van der Waals surface area contributed by atoms with Gasteiger partial charge in [-0.15, -0.1) is 4.91 Å². The van der Waals surface area contributed by atoms with Gasteiger partial charge in [-0.1, -0.05) is 0 Å². The molecule has 0 spiro atoms. The third-order valence-electron chi connectivity index (χ3n) is 0. The summed E-state index contributed by atoms with van der Waals surface area (Å²) >= 11 is 0. The van der Waals surface area contributed by atoms with E-state index in [1.165, 1.54) is 5.34 Å². The standard InChI is InChI=1S/2Ca.HNO2.2H2O.4H/c;;2-1-3;;;;;;/h;;(H,2,3);2*1H2;;;;/q2*+2;;;;4*-1. The SMILES string of the molecule is O.O.O=NO.[Ca+2].[Ca+2].[H-].[H-].[H-].[H-]. The molecule has 7 heteroatoms. The topological polar surface area (TPSA) is 113 Å². The average Bonchev–Trinajstić information content (AvgIpc) is 0.918. The van der Waals surface area contributed by atoms with Crippen LogP contribution in [0.4, 0.5) is 0 Å². The molecule has 0 aromatic carbocycles. The molecule has 5 N–H and O–H groups in total. The zero-order chi connectivity index (χ0) is 2.71. The van der Waals surface area contributed by atoms with E-state index in [-0.39, 0.29) is 92.1 Å². The van der Waals surface area contributed by atoms with Gasteiger partial charge in [-0.3, -0.25) is 0 Å². The molecule has 0 aromatic heterocycles. The minimum Gasteiger partial charge on any atom is -1.00 e. The Morgan fingerprint density at radius 1 is 1.29 bits per heavy atom. The van der Waals surface area contributed by atoms with Crippen LogP contribution >= 0.6 is 0 Å². The molecule has 0 rings (SSSR count). The van der Waals surface area contributed by atoms with Gasteiger partial charge in [-0.05, 0) is 0 Å². The van der Waals surface area contributed by atoms with Gasteiger partial charge in [0.25, 0.3) is 0 Å². The molecule has 0 atom stereocenters. The van der Waals surface area contributed by atoms with Crippen molar-refractivity contribution >= 4 is 75.5 Å². The minimum absolute atomic E-state index is 0. The molecule has 0 heterocycles. The first-order valence-electron chi connectivity index (χ1n) is 0.383. The Hall–Kier alpha value is 1.84. The monoisotopic (exact) mass is 167 g/mol. The van der Waals surface area contributed by atoms with Crippen LogP contribution in [0.25, 0.3) is 0 Å². The van der Waals surface area contributed by atoms with E-state index in [9.17, 15) is 0 Å². The molecule has 0 unspecified atom stereocenters. The summed E-state index contributed by atoms with van der Waals surface area (Å²) in [6.45, 7) is 0. The van der Waals surface area contributed by atoms with E-state index in [1.807, 2.05) is 0 Å². The fraction of sp³-hybridized carbons (Fsp3) is 0. The predicted molar refractivity (Wildman–Crippen MR) is 30.8 cm³/mol. The maximum absolute atomic E-state index is 8.11. The Balaban J connectivity index is -0.000000000714. The molecule has 0 aliphatic rings. The third kappa shape index (κ3) is 79.0. The van der Waals surface area contributed by atoms with Gasteiger partial charge in [-0.2, -0.15) is 0 Å². The van der Waals surface area contributed by atoms with Crippen LogP contribution in [0.5, 0.6) is 0 Å². The van der Waals surface area contributed by atoms with E-state index in [4.69, 9.17) is 10.1 Å². The first-order chi connectivity index (χ1) is 1.41. The smallest absolute Gasteiger partial charge is 1.00 e. The van der Waals surface area contributed by atoms with Crippen LogP contribution in [-0.4, -0.2) is 91.6 Å². The molecule has 0 aliphatic carbocycles. The fourth-order valence-corrected chi connectivity index (χ4v) is 0. The maximum Gasteiger partial charge on any atom is 2.00 e. The Morgan fingerprint density at radius 2 is 1.29 bits per heavy atom. The molecule has 42 valence electrons. The van der Waals surface area contributed by atoms with Gasteiger partial charge in [0.1, 0.15) is 0 Å². The molecule has 0 saturated heterocycles. The number of rotatable bonds is 0. The summed E-state index contributed by atoms with van der Waals surface area (Å²) < 4.78 is 0. The van der Waals surface area contributed by atoms with Gasteiger partial charge in [0.15, 0.2) is 5.34 Å². The number of hydrogen-bond donors (Lipinski definition) is 1. The molecule has 0 aliphatic heterocycles. The Kier molecular flexibility index (Phi) is 239. The van der Waals surface area contributed by atoms with E-state index in [0.717, 1.165) is 0 Å². The first kappa shape index (κ1) is 36.9. The van der Waals surface area contributed by atoms with Crippen molar-refractivity contribution < 1.29 is 21.9 Å². The fourth-order valence-electron chi connectivity index (χ4n) is 0. The van der Waals surface area contributed by atoms with Crippen LogP contribution in [0.1, 0.15) is 5.71 Å². The van der Waals surface area contributed by atoms with Gasteiger partial charge in [0.2, 0.25) is 0 Å². The summed E-state index contributed by atoms with van der Waals surface area (Å²) in [7, 11) is 0. The first-order valence-corrected chi connectivity index (χ1v) is 0.383. The quantitative estimate of drug-likeness (QED) is 0.260. The Labute approximate surface area is 106 Å². The Morgan fingerprint density at radius 3 is 1.29 bits per heavy atom. The van der Waals surface area contributed by atoms with Crippen molar-refractivity contribution in [3.05, 3.63) is 4.91 Å². The van der Waals surface area contributed by atoms with Gasteiger partial charge < -0.3 is 21.9 Å². The second kappa shape index (κ2) is 45.5. The number of hydrogen-bond acceptors (Lipinski definition) is 2. The van der Waals surface area contributed by atoms with Gasteiger partial charge >= 0.3 is 75.5 Å². The summed E-state index contributed by atoms with van der Waals surface area (Å²) in [4.78, 5) is 8.11. The average molecular weight is 167 g/mol. The Bertz CT molecular complexity index is 27.6. The normalized spacial score (nSPS) is 1.71. The third-order valence-corrected chi connectivity index (χ3v) is 0. The van der Waals surface area contributed by atoms with Crippen molar-refractivity contribution in [1.82, 2.24) is 0 Å². The van der Waals surface area contributed by atoms with Crippen LogP contribution in [0.15, 0.2) is 5.34 Å². The number of nitrogens with zero attached hydrogens (tertiary/aromatic N) is 1. The van der Waals surface area contributed by atoms with Gasteiger partial charge in [0, 0.05) is 0 Å². The second-order valence-corrected chi connectivity index (χ2v) is 0.0816. The van der Waals surface area contributed by atoms with Crippen molar-refractivity contribution in [2.24, 2.45) is 5.34 Å². The molecule has 0 bridgehead atoms. The second-order valence-electron chi connectivity index (χ2n) is 0.0816. The van der Waals surface area contributed by atoms with Gasteiger partial charge in [-0.25, -0.2) is 0 Å². The molecular weight excluding hydrogens is 158 g/mol. The summed E-state index contributed by atoms with van der Waals surface area (Å²) in [6.07, 6.45) is 0. The maximum atomic E-state index is 8.11. The molecule has 0 aromatic rings. The molecular formula is H9Ca2NO4. The summed E-state index contributed by atoms with van der Waals surface area (Å²) in [5.41, 5.74) is 0. The van der Waals surface area contributed by atoms with Crippen molar-refractivity contribution in [1.29, 1.82) is 0 Å². The van der Waals surface area contributed by atoms with Crippen LogP contribution in [0.3, 0.4) is 0 Å². The largest absolute Gasteiger partial charge is 2.00 e. The van der Waals surface area contributed by atoms with Crippen LogP contribution in [-0.2, 0) is 0 Å². The van der Waals surface area contributed by atoms with Gasteiger partial charge in [0.05, 0.1) is 0 Å². The van der Waals surface area contributed by atoms with E-state index >= 15 is 0 Å². The van der Waals surface area contributed by atoms with Crippen LogP contribution < -0.4 is 0 Å². The van der Waals surface area contributed by atoms with E-state index in [2.05, 4.69) is 0 Å². The molecule has 0 fully saturated rings. The zero-order valence-corrected chi connectivity index (χ0v) is 8.13. The molecule has 0 saturated carbocycles. The summed E-state index contributed by atoms with van der Waals surface area (Å²) in [5.74, 6) is 0. The van der Waals surface area contributed by atoms with Crippen molar-refractivity contribution in [2.75, 3.05) is 0 Å². The predicted octanol–water partition coefficient (Wildman–Crippen LogP) is -1.82. The van der Waals surface area contributed by atoms with Crippen molar-refractivity contribution in [3.63, 3.8) is 0 Å². The molecule has 7 heavy (non-hydrogen) atoms. The zero-order valence-electron chi connectivity index (χ0n) is 7.72. The van der Waals surface area contributed by atoms with Crippen molar-refractivity contribution in [3.8, 4) is 0 Å². The molecule has 0 radical (unpaired) electrons. The van der Waals surface area contributed by atoms with Crippen LogP contribution in [0.2, 0.25) is 0 Å². The molecule has 0 amide bonds. The van der Waals surface area contributed by atoms with E-state index in [0.29, 0.717) is 0 Å². The van der Waals surface area contributed by atoms with Crippen molar-refractivity contribution in [2.45, 2.75) is 0 Å². The summed E-state index contributed by atoms with van der Waals surface area (Å²) in [5, 5.41) is 7.89. The molecule has 5 nitrogen and oxygen atoms in total.